The molecule has 0 bridgehead atoms. The Morgan fingerprint density at radius 2 is 2.38 bits per heavy atom. The van der Waals surface area contributed by atoms with E-state index in [9.17, 15) is 4.79 Å². The number of ketones is 1. The lowest BCUT2D eigenvalue weighted by Crippen LogP contribution is -2.24. The molecule has 1 unspecified atom stereocenters. The van der Waals surface area contributed by atoms with Crippen molar-refractivity contribution in [2.24, 2.45) is 11.7 Å². The van der Waals surface area contributed by atoms with E-state index in [2.05, 4.69) is 4.90 Å². The minimum absolute atomic E-state index is 0.301. The molecular formula is C10H20N2O. The van der Waals surface area contributed by atoms with Gasteiger partial charge in [-0.3, -0.25) is 0 Å². The minimum atomic E-state index is 0.301. The Labute approximate surface area is 80.3 Å². The molecule has 1 aliphatic rings. The number of likely N-dealkylation sites (tertiary alicyclic amines) is 1. The van der Waals surface area contributed by atoms with Gasteiger partial charge in [-0.25, -0.2) is 0 Å². The van der Waals surface area contributed by atoms with E-state index in [0.29, 0.717) is 11.7 Å². The predicted molar refractivity (Wildman–Crippen MR) is 53.5 cm³/mol. The van der Waals surface area contributed by atoms with Crippen molar-refractivity contribution in [1.82, 2.24) is 4.90 Å². The lowest BCUT2D eigenvalue weighted by molar-refractivity contribution is -0.117. The molecular weight excluding hydrogens is 164 g/mol. The summed E-state index contributed by atoms with van der Waals surface area (Å²) in [7, 11) is 0. The van der Waals surface area contributed by atoms with Crippen molar-refractivity contribution in [2.75, 3.05) is 26.2 Å². The Kier molecular flexibility index (Phi) is 4.39. The van der Waals surface area contributed by atoms with Crippen LogP contribution in [0.5, 0.6) is 0 Å². The summed E-state index contributed by atoms with van der Waals surface area (Å²) in [5.74, 6) is 0.992. The standard InChI is InChI=1S/C10H20N2O/c1-9(13)3-2-5-12-6-4-10(7-11)8-12/h10H,2-8,11H2,1H3. The summed E-state index contributed by atoms with van der Waals surface area (Å²) in [6, 6.07) is 0. The number of hydrogen-bond donors (Lipinski definition) is 1. The Morgan fingerprint density at radius 1 is 1.62 bits per heavy atom. The van der Waals surface area contributed by atoms with Crippen LogP contribution in [0.1, 0.15) is 26.2 Å². The molecule has 0 amide bonds. The van der Waals surface area contributed by atoms with Crippen molar-refractivity contribution in [3.05, 3.63) is 0 Å². The first kappa shape index (κ1) is 10.7. The van der Waals surface area contributed by atoms with Gasteiger partial charge in [0.15, 0.2) is 0 Å². The van der Waals surface area contributed by atoms with E-state index in [0.717, 1.165) is 32.5 Å². The highest BCUT2D eigenvalue weighted by Crippen LogP contribution is 2.14. The first-order valence-electron chi connectivity index (χ1n) is 5.14. The normalized spacial score (nSPS) is 23.7. The molecule has 2 N–H and O–H groups in total. The summed E-state index contributed by atoms with van der Waals surface area (Å²) in [5.41, 5.74) is 5.59. The van der Waals surface area contributed by atoms with Crippen molar-refractivity contribution in [2.45, 2.75) is 26.2 Å². The summed E-state index contributed by atoms with van der Waals surface area (Å²) < 4.78 is 0. The van der Waals surface area contributed by atoms with E-state index in [1.54, 1.807) is 6.92 Å². The molecule has 1 atom stereocenters. The van der Waals surface area contributed by atoms with Gasteiger partial charge in [-0.1, -0.05) is 0 Å². The molecule has 0 spiro atoms. The summed E-state index contributed by atoms with van der Waals surface area (Å²) in [6.45, 7) is 5.83. The van der Waals surface area contributed by atoms with Crippen LogP contribution in [0.25, 0.3) is 0 Å². The SMILES string of the molecule is CC(=O)CCCN1CCC(CN)C1. The Hall–Kier alpha value is -0.410. The van der Waals surface area contributed by atoms with Gasteiger partial charge < -0.3 is 15.4 Å². The van der Waals surface area contributed by atoms with Gasteiger partial charge in [0.2, 0.25) is 0 Å². The van der Waals surface area contributed by atoms with Gasteiger partial charge in [-0.2, -0.15) is 0 Å². The smallest absolute Gasteiger partial charge is 0.129 e. The fourth-order valence-electron chi connectivity index (χ4n) is 1.86. The van der Waals surface area contributed by atoms with E-state index >= 15 is 0 Å². The molecule has 1 heterocycles. The molecule has 1 rings (SSSR count). The van der Waals surface area contributed by atoms with E-state index in [1.165, 1.54) is 13.0 Å². The predicted octanol–water partition coefficient (Wildman–Crippen LogP) is 0.636. The van der Waals surface area contributed by atoms with Crippen molar-refractivity contribution in [3.63, 3.8) is 0 Å². The molecule has 1 saturated heterocycles. The Balaban J connectivity index is 2.07. The Morgan fingerprint density at radius 3 is 2.92 bits per heavy atom. The first-order valence-corrected chi connectivity index (χ1v) is 5.14. The number of carbonyl (C=O) groups excluding carboxylic acids is 1. The van der Waals surface area contributed by atoms with Gasteiger partial charge >= 0.3 is 0 Å². The maximum absolute atomic E-state index is 10.7. The zero-order valence-electron chi connectivity index (χ0n) is 8.46. The lowest BCUT2D eigenvalue weighted by Gasteiger charge is -2.14. The molecule has 0 radical (unpaired) electrons. The van der Waals surface area contributed by atoms with Crippen LogP contribution in [0.3, 0.4) is 0 Å². The number of Topliss-reactive ketones (excluding diaryl/α,β-unsaturated/α-hetero) is 1. The minimum Gasteiger partial charge on any atom is -0.330 e. The summed E-state index contributed by atoms with van der Waals surface area (Å²) in [5, 5.41) is 0. The van der Waals surface area contributed by atoms with Crippen LogP contribution in [0.4, 0.5) is 0 Å². The number of nitrogens with zero attached hydrogens (tertiary/aromatic N) is 1. The van der Waals surface area contributed by atoms with Crippen LogP contribution in [0.2, 0.25) is 0 Å². The first-order chi connectivity index (χ1) is 6.22. The van der Waals surface area contributed by atoms with Crippen molar-refractivity contribution in [3.8, 4) is 0 Å². The zero-order chi connectivity index (χ0) is 9.68. The molecule has 76 valence electrons. The second-order valence-electron chi connectivity index (χ2n) is 4.00. The maximum Gasteiger partial charge on any atom is 0.129 e. The zero-order valence-corrected chi connectivity index (χ0v) is 8.46. The van der Waals surface area contributed by atoms with Gasteiger partial charge in [0.25, 0.3) is 0 Å². The van der Waals surface area contributed by atoms with E-state index < -0.39 is 0 Å². The highest BCUT2D eigenvalue weighted by molar-refractivity contribution is 5.75. The van der Waals surface area contributed by atoms with Crippen LogP contribution in [0.15, 0.2) is 0 Å². The van der Waals surface area contributed by atoms with Gasteiger partial charge in [-0.15, -0.1) is 0 Å². The molecule has 3 nitrogen and oxygen atoms in total. The van der Waals surface area contributed by atoms with Crippen molar-refractivity contribution < 1.29 is 4.79 Å². The lowest BCUT2D eigenvalue weighted by atomic mass is 10.1. The molecule has 1 fully saturated rings. The number of rotatable bonds is 5. The number of carbonyl (C=O) groups is 1. The second-order valence-corrected chi connectivity index (χ2v) is 4.00. The van der Waals surface area contributed by atoms with Crippen molar-refractivity contribution in [1.29, 1.82) is 0 Å². The largest absolute Gasteiger partial charge is 0.330 e. The Bertz CT molecular complexity index is 170. The van der Waals surface area contributed by atoms with Gasteiger partial charge in [0.05, 0.1) is 0 Å². The quantitative estimate of drug-likeness (QED) is 0.682. The highest BCUT2D eigenvalue weighted by atomic mass is 16.1. The topological polar surface area (TPSA) is 46.3 Å². The fraction of sp³-hybridized carbons (Fsp3) is 0.900. The third-order valence-electron chi connectivity index (χ3n) is 2.71. The monoisotopic (exact) mass is 184 g/mol. The van der Waals surface area contributed by atoms with Crippen LogP contribution >= 0.6 is 0 Å². The maximum atomic E-state index is 10.7. The average Bonchev–Trinajstić information content (AvgIpc) is 2.52. The van der Waals surface area contributed by atoms with Crippen molar-refractivity contribution >= 4 is 5.78 Å². The van der Waals surface area contributed by atoms with Crippen LogP contribution in [-0.4, -0.2) is 36.9 Å². The molecule has 3 heteroatoms. The summed E-state index contributed by atoms with van der Waals surface area (Å²) >= 11 is 0. The fourth-order valence-corrected chi connectivity index (χ4v) is 1.86. The molecule has 0 aliphatic carbocycles. The molecule has 0 aromatic rings. The van der Waals surface area contributed by atoms with Gasteiger partial charge in [0.1, 0.15) is 5.78 Å². The summed E-state index contributed by atoms with van der Waals surface area (Å²) in [4.78, 5) is 13.1. The molecule has 1 aliphatic heterocycles. The van der Waals surface area contributed by atoms with E-state index in [1.807, 2.05) is 0 Å². The number of nitrogens with two attached hydrogens (primary N) is 1. The van der Waals surface area contributed by atoms with Crippen LogP contribution in [-0.2, 0) is 4.79 Å². The highest BCUT2D eigenvalue weighted by Gasteiger charge is 2.20. The molecule has 0 saturated carbocycles. The molecule has 0 aromatic carbocycles. The van der Waals surface area contributed by atoms with Gasteiger partial charge in [0, 0.05) is 13.0 Å². The van der Waals surface area contributed by atoms with Crippen LogP contribution < -0.4 is 5.73 Å². The van der Waals surface area contributed by atoms with Crippen LogP contribution in [0, 0.1) is 5.92 Å². The van der Waals surface area contributed by atoms with E-state index in [-0.39, 0.29) is 0 Å². The third kappa shape index (κ3) is 3.87. The molecule has 13 heavy (non-hydrogen) atoms. The number of hydrogen-bond acceptors (Lipinski definition) is 3. The molecule has 0 aromatic heterocycles. The van der Waals surface area contributed by atoms with Gasteiger partial charge in [-0.05, 0) is 45.3 Å². The third-order valence-corrected chi connectivity index (χ3v) is 2.71. The second kappa shape index (κ2) is 5.35. The average molecular weight is 184 g/mol. The summed E-state index contributed by atoms with van der Waals surface area (Å²) in [6.07, 6.45) is 2.97. The van der Waals surface area contributed by atoms with E-state index in [4.69, 9.17) is 5.73 Å².